The molecule has 34 heavy (non-hydrogen) atoms. The Morgan fingerprint density at radius 2 is 1.76 bits per heavy atom. The van der Waals surface area contributed by atoms with Crippen molar-refractivity contribution in [3.63, 3.8) is 0 Å². The largest absolute Gasteiger partial charge is 0.324 e. The number of hydrogen-bond donors (Lipinski definition) is 2. The monoisotopic (exact) mass is 472 g/mol. The number of nitro groups is 1. The molecule has 168 valence electrons. The van der Waals surface area contributed by atoms with Crippen LogP contribution in [0.4, 0.5) is 17.6 Å². The first-order valence-electron chi connectivity index (χ1n) is 10.3. The van der Waals surface area contributed by atoms with Crippen LogP contribution in [0.5, 0.6) is 0 Å². The highest BCUT2D eigenvalue weighted by Gasteiger charge is 2.26. The number of anilines is 2. The molecule has 9 nitrogen and oxygen atoms in total. The van der Waals surface area contributed by atoms with E-state index in [0.29, 0.717) is 5.95 Å². The van der Waals surface area contributed by atoms with Gasteiger partial charge in [-0.2, -0.15) is 4.98 Å². The number of carbonyl (C=O) groups is 1. The molecule has 2 heterocycles. The van der Waals surface area contributed by atoms with Crippen LogP contribution in [-0.4, -0.2) is 25.6 Å². The Hall–Kier alpha value is -4.50. The van der Waals surface area contributed by atoms with Gasteiger partial charge in [-0.25, -0.2) is 4.68 Å². The van der Waals surface area contributed by atoms with Gasteiger partial charge in [0.05, 0.1) is 4.92 Å². The highest BCUT2D eigenvalue weighted by molar-refractivity contribution is 6.32. The molecule has 0 fully saturated rings. The Morgan fingerprint density at radius 1 is 1.06 bits per heavy atom. The van der Waals surface area contributed by atoms with Crippen molar-refractivity contribution in [3.05, 3.63) is 117 Å². The van der Waals surface area contributed by atoms with Gasteiger partial charge < -0.3 is 5.32 Å². The van der Waals surface area contributed by atoms with Crippen molar-refractivity contribution in [2.24, 2.45) is 0 Å². The lowest BCUT2D eigenvalue weighted by Gasteiger charge is -2.24. The number of nitrogens with zero attached hydrogens (tertiary/aromatic N) is 4. The molecular formula is C24H17ClN6O3. The van der Waals surface area contributed by atoms with E-state index < -0.39 is 10.8 Å². The second-order valence-corrected chi connectivity index (χ2v) is 7.92. The number of nitro benzene ring substituents is 1. The number of benzene rings is 3. The zero-order valence-electron chi connectivity index (χ0n) is 17.6. The molecular weight excluding hydrogens is 456 g/mol. The topological polar surface area (TPSA) is 115 Å². The fourth-order valence-electron chi connectivity index (χ4n) is 3.69. The summed E-state index contributed by atoms with van der Waals surface area (Å²) in [5.74, 6) is -0.0726. The summed E-state index contributed by atoms with van der Waals surface area (Å²) in [6, 6.07) is 23.2. The van der Waals surface area contributed by atoms with E-state index in [9.17, 15) is 14.9 Å². The van der Waals surface area contributed by atoms with Gasteiger partial charge in [0.1, 0.15) is 11.1 Å². The predicted octanol–water partition coefficient (Wildman–Crippen LogP) is 5.15. The third kappa shape index (κ3) is 4.12. The van der Waals surface area contributed by atoms with Crippen LogP contribution in [0.15, 0.2) is 84.9 Å². The molecule has 0 bridgehead atoms. The molecule has 5 rings (SSSR count). The van der Waals surface area contributed by atoms with E-state index in [-0.39, 0.29) is 28.3 Å². The van der Waals surface area contributed by atoms with Crippen molar-refractivity contribution in [2.75, 3.05) is 10.6 Å². The summed E-state index contributed by atoms with van der Waals surface area (Å²) in [5.41, 5.74) is 2.56. The molecule has 0 saturated carbocycles. The van der Waals surface area contributed by atoms with Gasteiger partial charge in [0, 0.05) is 17.3 Å². The Kier molecular flexibility index (Phi) is 5.52. The van der Waals surface area contributed by atoms with Crippen molar-refractivity contribution in [1.82, 2.24) is 14.8 Å². The number of fused-ring (bicyclic) bond motifs is 1. The van der Waals surface area contributed by atoms with E-state index in [1.165, 1.54) is 12.1 Å². The maximum absolute atomic E-state index is 12.8. The second-order valence-electron chi connectivity index (χ2n) is 7.51. The molecule has 0 saturated heterocycles. The first kappa shape index (κ1) is 21.4. The Labute approximate surface area is 198 Å². The molecule has 2 N–H and O–H groups in total. The Morgan fingerprint density at radius 3 is 2.47 bits per heavy atom. The van der Waals surface area contributed by atoms with Crippen molar-refractivity contribution in [1.29, 1.82) is 0 Å². The molecule has 3 aromatic carbocycles. The highest BCUT2D eigenvalue weighted by Crippen LogP contribution is 2.33. The number of allylic oxidation sites excluding steroid dienone is 1. The second kappa shape index (κ2) is 8.80. The lowest BCUT2D eigenvalue weighted by molar-refractivity contribution is -0.384. The molecule has 1 aromatic heterocycles. The zero-order valence-corrected chi connectivity index (χ0v) is 18.3. The summed E-state index contributed by atoms with van der Waals surface area (Å²) in [7, 11) is 0. The first-order chi connectivity index (χ1) is 16.5. The smallest absolute Gasteiger partial charge is 0.288 e. The average molecular weight is 473 g/mol. The number of aromatic nitrogens is 3. The van der Waals surface area contributed by atoms with Crippen LogP contribution in [0, 0.1) is 10.1 Å². The first-order valence-corrected chi connectivity index (χ1v) is 10.7. The fraction of sp³-hybridized carbons (Fsp3) is 0.0417. The summed E-state index contributed by atoms with van der Waals surface area (Å²) >= 11 is 5.85. The molecule has 1 amide bonds. The van der Waals surface area contributed by atoms with E-state index in [1.807, 2.05) is 66.7 Å². The molecule has 0 radical (unpaired) electrons. The maximum atomic E-state index is 12.8. The normalized spacial score (nSPS) is 14.5. The zero-order chi connectivity index (χ0) is 23.7. The van der Waals surface area contributed by atoms with Crippen LogP contribution < -0.4 is 10.6 Å². The Balaban J connectivity index is 1.48. The molecule has 0 aliphatic carbocycles. The molecule has 4 aromatic rings. The van der Waals surface area contributed by atoms with E-state index >= 15 is 0 Å². The van der Waals surface area contributed by atoms with Gasteiger partial charge in [-0.05, 0) is 29.3 Å². The third-order valence-corrected chi connectivity index (χ3v) is 5.64. The number of amides is 1. The lowest BCUT2D eigenvalue weighted by atomic mass is 10.0. The summed E-state index contributed by atoms with van der Waals surface area (Å²) in [6.45, 7) is 0. The van der Waals surface area contributed by atoms with E-state index in [1.54, 1.807) is 4.68 Å². The quantitative estimate of drug-likeness (QED) is 0.306. The molecule has 1 aliphatic rings. The number of nitrogens with one attached hydrogen (secondary N) is 2. The summed E-state index contributed by atoms with van der Waals surface area (Å²) in [5, 5.41) is 21.5. The molecule has 0 spiro atoms. The van der Waals surface area contributed by atoms with Crippen molar-refractivity contribution < 1.29 is 9.72 Å². The van der Waals surface area contributed by atoms with Crippen molar-refractivity contribution in [3.8, 4) is 0 Å². The van der Waals surface area contributed by atoms with E-state index in [2.05, 4.69) is 20.7 Å². The van der Waals surface area contributed by atoms with Gasteiger partial charge in [0.2, 0.25) is 5.95 Å². The van der Waals surface area contributed by atoms with Crippen molar-refractivity contribution in [2.45, 2.75) is 6.04 Å². The lowest BCUT2D eigenvalue weighted by Crippen LogP contribution is -2.20. The van der Waals surface area contributed by atoms with Crippen LogP contribution in [0.25, 0.3) is 5.70 Å². The van der Waals surface area contributed by atoms with Gasteiger partial charge in [0.25, 0.3) is 17.5 Å². The number of carbonyl (C=O) groups excluding carboxylic acids is 1. The summed E-state index contributed by atoms with van der Waals surface area (Å²) in [4.78, 5) is 27.7. The van der Waals surface area contributed by atoms with Gasteiger partial charge in [-0.1, -0.05) is 72.3 Å². The SMILES string of the molecule is O=C(Nc1nc2n(n1)C(c1ccccc1)C=C(c1ccccc1)N2)c1ccc(Cl)c([N+](=O)[O-])c1. The number of rotatable bonds is 5. The average Bonchev–Trinajstić information content (AvgIpc) is 3.26. The van der Waals surface area contributed by atoms with Gasteiger partial charge in [-0.15, -0.1) is 5.10 Å². The molecule has 1 unspecified atom stereocenters. The minimum Gasteiger partial charge on any atom is -0.324 e. The standard InChI is InChI=1S/C24H17ClN6O3/c25-18-12-11-17(13-21(18)31(33)34)22(32)27-23-28-24-26-19(15-7-3-1-4-8-15)14-20(30(24)29-23)16-9-5-2-6-10-16/h1-14,20H,(H2,26,27,28,29,32). The Bertz CT molecular complexity index is 1420. The number of hydrogen-bond acceptors (Lipinski definition) is 6. The fourth-order valence-corrected chi connectivity index (χ4v) is 3.87. The molecule has 1 atom stereocenters. The van der Waals surface area contributed by atoms with Gasteiger partial charge in [-0.3, -0.25) is 20.2 Å². The summed E-state index contributed by atoms with van der Waals surface area (Å²) < 4.78 is 1.68. The van der Waals surface area contributed by atoms with Gasteiger partial charge >= 0.3 is 0 Å². The number of halogens is 1. The maximum Gasteiger partial charge on any atom is 0.288 e. The van der Waals surface area contributed by atoms with Crippen LogP contribution >= 0.6 is 11.6 Å². The van der Waals surface area contributed by atoms with E-state index in [0.717, 1.165) is 22.9 Å². The van der Waals surface area contributed by atoms with Crippen molar-refractivity contribution >= 4 is 40.8 Å². The van der Waals surface area contributed by atoms with Crippen LogP contribution in [0.2, 0.25) is 5.02 Å². The van der Waals surface area contributed by atoms with Crippen LogP contribution in [0.1, 0.15) is 27.5 Å². The minimum absolute atomic E-state index is 0.0495. The van der Waals surface area contributed by atoms with Crippen LogP contribution in [0.3, 0.4) is 0 Å². The van der Waals surface area contributed by atoms with Gasteiger partial charge in [0.15, 0.2) is 0 Å². The predicted molar refractivity (Wildman–Crippen MR) is 129 cm³/mol. The van der Waals surface area contributed by atoms with E-state index in [4.69, 9.17) is 11.6 Å². The highest BCUT2D eigenvalue weighted by atomic mass is 35.5. The van der Waals surface area contributed by atoms with Crippen LogP contribution in [-0.2, 0) is 0 Å². The summed E-state index contributed by atoms with van der Waals surface area (Å²) in [6.07, 6.45) is 2.04. The minimum atomic E-state index is -0.641. The molecule has 10 heteroatoms. The molecule has 1 aliphatic heterocycles. The third-order valence-electron chi connectivity index (χ3n) is 5.32.